The molecule has 0 radical (unpaired) electrons. The lowest BCUT2D eigenvalue weighted by Crippen LogP contribution is -2.65. The predicted octanol–water partition coefficient (Wildman–Crippen LogP) is 4.71. The fourth-order valence-electron chi connectivity index (χ4n) is 8.45. The lowest BCUT2D eigenvalue weighted by atomic mass is 9.43. The van der Waals surface area contributed by atoms with Crippen molar-refractivity contribution < 1.29 is 23.9 Å². The van der Waals surface area contributed by atoms with E-state index in [-0.39, 0.29) is 40.4 Å². The van der Waals surface area contributed by atoms with Crippen LogP contribution in [0.3, 0.4) is 0 Å². The smallest absolute Gasteiger partial charge is 0.303 e. The monoisotopic (exact) mass is 418 g/mol. The molecule has 0 amide bonds. The fraction of sp³-hybridized carbons (Fsp3) is 0.880. The summed E-state index contributed by atoms with van der Waals surface area (Å²) in [5.41, 5.74) is 0.198. The molecule has 30 heavy (non-hydrogen) atoms. The summed E-state index contributed by atoms with van der Waals surface area (Å²) in [7, 11) is 0. The maximum Gasteiger partial charge on any atom is 0.303 e. The zero-order valence-electron chi connectivity index (χ0n) is 19.2. The van der Waals surface area contributed by atoms with Crippen LogP contribution in [0.1, 0.15) is 86.0 Å². The molecular weight excluding hydrogens is 380 g/mol. The summed E-state index contributed by atoms with van der Waals surface area (Å²) in [6.45, 7) is 9.93. The lowest BCUT2D eigenvalue weighted by Gasteiger charge is -2.63. The molecule has 168 valence electrons. The molecule has 0 bridgehead atoms. The summed E-state index contributed by atoms with van der Waals surface area (Å²) >= 11 is 0. The largest absolute Gasteiger partial charge is 0.458 e. The molecular formula is C25H38O5. The fourth-order valence-corrected chi connectivity index (χ4v) is 8.45. The first-order valence-electron chi connectivity index (χ1n) is 12.0. The summed E-state index contributed by atoms with van der Waals surface area (Å²) in [6, 6.07) is 0. The summed E-state index contributed by atoms with van der Waals surface area (Å²) in [4.78, 5) is 36.7. The van der Waals surface area contributed by atoms with Gasteiger partial charge in [0.25, 0.3) is 0 Å². The molecule has 4 saturated carbocycles. The van der Waals surface area contributed by atoms with Crippen molar-refractivity contribution in [2.45, 2.75) is 98.2 Å². The normalized spacial score (nSPS) is 47.6. The van der Waals surface area contributed by atoms with Gasteiger partial charge in [-0.25, -0.2) is 0 Å². The van der Waals surface area contributed by atoms with Crippen LogP contribution in [0.15, 0.2) is 0 Å². The van der Waals surface area contributed by atoms with E-state index in [2.05, 4.69) is 20.8 Å². The third-order valence-electron chi connectivity index (χ3n) is 9.81. The quantitative estimate of drug-likeness (QED) is 0.621. The van der Waals surface area contributed by atoms with Crippen molar-refractivity contribution in [3.8, 4) is 0 Å². The molecule has 4 rings (SSSR count). The minimum absolute atomic E-state index is 0.0546. The summed E-state index contributed by atoms with van der Waals surface area (Å²) in [5, 5.41) is 0. The van der Waals surface area contributed by atoms with Gasteiger partial charge in [-0.2, -0.15) is 0 Å². The maximum absolute atomic E-state index is 12.4. The van der Waals surface area contributed by atoms with Gasteiger partial charge >= 0.3 is 11.9 Å². The molecule has 0 aromatic heterocycles. The highest BCUT2D eigenvalue weighted by Crippen LogP contribution is 2.68. The SMILES string of the molecule is CC[C@H]1CCC2C3C(OC(C)=O)C(OC(C)=O)C4CC(=O)CC[C@]4(C)C3CC[C@@]21C. The van der Waals surface area contributed by atoms with Gasteiger partial charge in [-0.15, -0.1) is 0 Å². The van der Waals surface area contributed by atoms with Gasteiger partial charge in [0.05, 0.1) is 0 Å². The van der Waals surface area contributed by atoms with Gasteiger partial charge in [-0.1, -0.05) is 27.2 Å². The molecule has 0 spiro atoms. The number of esters is 2. The van der Waals surface area contributed by atoms with Gasteiger partial charge in [0.1, 0.15) is 18.0 Å². The number of ketones is 1. The van der Waals surface area contributed by atoms with Crippen LogP contribution in [0.25, 0.3) is 0 Å². The third-order valence-corrected chi connectivity index (χ3v) is 9.81. The third kappa shape index (κ3) is 3.22. The van der Waals surface area contributed by atoms with E-state index in [0.29, 0.717) is 30.6 Å². The second kappa shape index (κ2) is 7.63. The van der Waals surface area contributed by atoms with E-state index < -0.39 is 12.2 Å². The van der Waals surface area contributed by atoms with E-state index in [0.717, 1.165) is 19.3 Å². The maximum atomic E-state index is 12.4. The average molecular weight is 419 g/mol. The molecule has 0 N–H and O–H groups in total. The Morgan fingerprint density at radius 2 is 1.53 bits per heavy atom. The highest BCUT2D eigenvalue weighted by Gasteiger charge is 2.66. The van der Waals surface area contributed by atoms with Crippen LogP contribution >= 0.6 is 0 Å². The highest BCUT2D eigenvalue weighted by atomic mass is 16.6. The van der Waals surface area contributed by atoms with E-state index >= 15 is 0 Å². The standard InChI is InChI=1S/C25H38O5/c1-6-16-7-8-18-21-19(10-12-24(16,18)4)25(5)11-9-17(28)13-20(25)22(29-14(2)26)23(21)30-15(3)27/h16,18-23H,6-13H2,1-5H3/t16-,18?,19?,20?,21?,22?,23?,24+,25+/m0/s1. The first-order valence-corrected chi connectivity index (χ1v) is 12.0. The molecule has 4 fully saturated rings. The predicted molar refractivity (Wildman–Crippen MR) is 112 cm³/mol. The molecule has 9 atom stereocenters. The minimum atomic E-state index is -0.523. The molecule has 0 aromatic rings. The molecule has 5 nitrogen and oxygen atoms in total. The van der Waals surface area contributed by atoms with Crippen molar-refractivity contribution in [2.75, 3.05) is 0 Å². The number of carbonyl (C=O) groups is 3. The number of rotatable bonds is 3. The van der Waals surface area contributed by atoms with Gasteiger partial charge in [0.2, 0.25) is 0 Å². The van der Waals surface area contributed by atoms with Gasteiger partial charge < -0.3 is 9.47 Å². The Morgan fingerprint density at radius 1 is 0.900 bits per heavy atom. The summed E-state index contributed by atoms with van der Waals surface area (Å²) in [6.07, 6.45) is 6.80. The second-order valence-corrected chi connectivity index (χ2v) is 11.0. The van der Waals surface area contributed by atoms with E-state index in [9.17, 15) is 14.4 Å². The van der Waals surface area contributed by atoms with Crippen LogP contribution in [-0.4, -0.2) is 29.9 Å². The van der Waals surface area contributed by atoms with Crippen molar-refractivity contribution in [2.24, 2.45) is 40.4 Å². The van der Waals surface area contributed by atoms with Crippen molar-refractivity contribution in [3.05, 3.63) is 0 Å². The second-order valence-electron chi connectivity index (χ2n) is 11.0. The molecule has 5 heteroatoms. The molecule has 0 saturated heterocycles. The Balaban J connectivity index is 1.81. The first kappa shape index (κ1) is 21.8. The van der Waals surface area contributed by atoms with Crippen molar-refractivity contribution in [3.63, 3.8) is 0 Å². The summed E-state index contributed by atoms with van der Waals surface area (Å²) < 4.78 is 11.9. The van der Waals surface area contributed by atoms with Crippen LogP contribution in [0, 0.1) is 40.4 Å². The Kier molecular flexibility index (Phi) is 5.55. The van der Waals surface area contributed by atoms with E-state index in [1.807, 2.05) is 0 Å². The van der Waals surface area contributed by atoms with Crippen LogP contribution in [0.5, 0.6) is 0 Å². The molecule has 0 aliphatic heterocycles. The number of fused-ring (bicyclic) bond motifs is 5. The number of hydrogen-bond donors (Lipinski definition) is 0. The van der Waals surface area contributed by atoms with E-state index in [1.165, 1.54) is 33.1 Å². The van der Waals surface area contributed by atoms with Crippen molar-refractivity contribution in [1.82, 2.24) is 0 Å². The minimum Gasteiger partial charge on any atom is -0.458 e. The zero-order valence-corrected chi connectivity index (χ0v) is 19.2. The Labute approximate surface area is 180 Å². The Bertz CT molecular complexity index is 731. The van der Waals surface area contributed by atoms with E-state index in [1.54, 1.807) is 0 Å². The number of hydrogen-bond acceptors (Lipinski definition) is 5. The first-order chi connectivity index (χ1) is 14.1. The highest BCUT2D eigenvalue weighted by molar-refractivity contribution is 5.80. The van der Waals surface area contributed by atoms with Crippen molar-refractivity contribution >= 4 is 17.7 Å². The van der Waals surface area contributed by atoms with Crippen LogP contribution in [0.2, 0.25) is 0 Å². The topological polar surface area (TPSA) is 69.7 Å². The van der Waals surface area contributed by atoms with E-state index in [4.69, 9.17) is 9.47 Å². The van der Waals surface area contributed by atoms with Crippen LogP contribution in [0.4, 0.5) is 0 Å². The van der Waals surface area contributed by atoms with Gasteiger partial charge in [0.15, 0.2) is 0 Å². The zero-order chi connectivity index (χ0) is 21.8. The number of carbonyl (C=O) groups excluding carboxylic acids is 3. The van der Waals surface area contributed by atoms with Gasteiger partial charge in [-0.05, 0) is 60.7 Å². The lowest BCUT2D eigenvalue weighted by molar-refractivity contribution is -0.233. The average Bonchev–Trinajstić information content (AvgIpc) is 3.01. The number of Topliss-reactive ketones (excluding diaryl/α,β-unsaturated/α-hetero) is 1. The van der Waals surface area contributed by atoms with Crippen LogP contribution < -0.4 is 0 Å². The molecule has 0 aromatic carbocycles. The number of ether oxygens (including phenoxy) is 2. The molecule has 4 aliphatic rings. The summed E-state index contributed by atoms with van der Waals surface area (Å²) in [5.74, 6) is 1.27. The molecule has 6 unspecified atom stereocenters. The van der Waals surface area contributed by atoms with Crippen molar-refractivity contribution in [1.29, 1.82) is 0 Å². The molecule has 0 heterocycles. The van der Waals surface area contributed by atoms with Gasteiger partial charge in [0, 0.05) is 38.5 Å². The Morgan fingerprint density at radius 3 is 2.17 bits per heavy atom. The van der Waals surface area contributed by atoms with Gasteiger partial charge in [-0.3, -0.25) is 14.4 Å². The molecule has 4 aliphatic carbocycles. The van der Waals surface area contributed by atoms with Crippen LogP contribution in [-0.2, 0) is 23.9 Å². The Hall–Kier alpha value is -1.39.